The molecule has 0 saturated carbocycles. The van der Waals surface area contributed by atoms with Crippen molar-refractivity contribution in [2.45, 2.75) is 46.3 Å². The molecule has 0 radical (unpaired) electrons. The molecule has 0 bridgehead atoms. The zero-order valence-electron chi connectivity index (χ0n) is 17.2. The van der Waals surface area contributed by atoms with Gasteiger partial charge in [-0.25, -0.2) is 0 Å². The molecule has 2 N–H and O–H groups in total. The molecular weight excluding hydrogens is 342 g/mol. The predicted octanol–water partition coefficient (Wildman–Crippen LogP) is 1.58. The van der Waals surface area contributed by atoms with E-state index in [1.807, 2.05) is 32.9 Å². The van der Waals surface area contributed by atoms with Gasteiger partial charge in [0, 0.05) is 38.8 Å². The lowest BCUT2D eigenvalue weighted by molar-refractivity contribution is -0.123. The van der Waals surface area contributed by atoms with Gasteiger partial charge in [0.05, 0.1) is 6.54 Å². The number of carbonyl (C=O) groups excluding carboxylic acids is 1. The van der Waals surface area contributed by atoms with E-state index < -0.39 is 6.10 Å². The van der Waals surface area contributed by atoms with E-state index in [4.69, 9.17) is 4.74 Å². The summed E-state index contributed by atoms with van der Waals surface area (Å²) in [5.74, 6) is 0.936. The van der Waals surface area contributed by atoms with Gasteiger partial charge in [0.25, 0.3) is 0 Å². The number of amides is 1. The third-order valence-electron chi connectivity index (χ3n) is 5.10. The van der Waals surface area contributed by atoms with Crippen molar-refractivity contribution in [1.29, 1.82) is 0 Å². The Morgan fingerprint density at radius 1 is 1.22 bits per heavy atom. The topological polar surface area (TPSA) is 65.0 Å². The number of hydrogen-bond acceptors (Lipinski definition) is 5. The molecule has 1 aromatic rings. The van der Waals surface area contributed by atoms with Crippen molar-refractivity contribution in [2.75, 3.05) is 45.9 Å². The monoisotopic (exact) mass is 377 g/mol. The van der Waals surface area contributed by atoms with Crippen molar-refractivity contribution in [3.05, 3.63) is 29.3 Å². The number of nitrogens with zero attached hydrogens (tertiary/aromatic N) is 2. The van der Waals surface area contributed by atoms with E-state index in [0.717, 1.165) is 49.5 Å². The van der Waals surface area contributed by atoms with Crippen LogP contribution in [-0.4, -0.2) is 78.8 Å². The van der Waals surface area contributed by atoms with Crippen LogP contribution in [0.5, 0.6) is 5.75 Å². The van der Waals surface area contributed by atoms with E-state index >= 15 is 0 Å². The number of aryl methyl sites for hydroxylation is 2. The van der Waals surface area contributed by atoms with E-state index in [2.05, 4.69) is 28.1 Å². The maximum atomic E-state index is 12.0. The lowest BCUT2D eigenvalue weighted by atomic mass is 10.1. The molecule has 0 aromatic heterocycles. The van der Waals surface area contributed by atoms with Crippen LogP contribution >= 0.6 is 0 Å². The highest BCUT2D eigenvalue weighted by Crippen LogP contribution is 2.19. The minimum absolute atomic E-state index is 0.0970. The van der Waals surface area contributed by atoms with Gasteiger partial charge >= 0.3 is 0 Å². The first-order valence-electron chi connectivity index (χ1n) is 9.99. The second kappa shape index (κ2) is 10.6. The van der Waals surface area contributed by atoms with Gasteiger partial charge in [-0.2, -0.15) is 0 Å². The SMILES string of the molecule is CCC(C)NC(=O)CN1CCN(CC(O)COc2cc(C)ccc2C)CC1. The number of β-amino-alcohol motifs (C(OH)–C–C–N with tert-alkyl or cyclic N) is 1. The maximum absolute atomic E-state index is 12.0. The van der Waals surface area contributed by atoms with Crippen LogP contribution in [0.3, 0.4) is 0 Å². The third-order valence-corrected chi connectivity index (χ3v) is 5.10. The number of carbonyl (C=O) groups is 1. The highest BCUT2D eigenvalue weighted by Gasteiger charge is 2.21. The summed E-state index contributed by atoms with van der Waals surface area (Å²) in [4.78, 5) is 16.4. The molecule has 1 aromatic carbocycles. The second-order valence-corrected chi connectivity index (χ2v) is 7.69. The average molecular weight is 378 g/mol. The van der Waals surface area contributed by atoms with Crippen LogP contribution in [0.1, 0.15) is 31.4 Å². The molecule has 2 atom stereocenters. The Morgan fingerprint density at radius 3 is 2.56 bits per heavy atom. The summed E-state index contributed by atoms with van der Waals surface area (Å²) in [6.45, 7) is 12.9. The molecule has 1 heterocycles. The summed E-state index contributed by atoms with van der Waals surface area (Å²) < 4.78 is 5.80. The second-order valence-electron chi connectivity index (χ2n) is 7.69. The zero-order valence-corrected chi connectivity index (χ0v) is 17.2. The van der Waals surface area contributed by atoms with Gasteiger partial charge in [0.15, 0.2) is 0 Å². The molecule has 6 nitrogen and oxygen atoms in total. The number of benzene rings is 1. The third kappa shape index (κ3) is 7.48. The number of rotatable bonds is 9. The fraction of sp³-hybridized carbons (Fsp3) is 0.667. The summed E-state index contributed by atoms with van der Waals surface area (Å²) in [5, 5.41) is 13.3. The number of nitrogens with one attached hydrogen (secondary N) is 1. The van der Waals surface area contributed by atoms with Crippen LogP contribution in [0.25, 0.3) is 0 Å². The molecular formula is C21H35N3O3. The van der Waals surface area contributed by atoms with Crippen molar-refractivity contribution >= 4 is 5.91 Å². The predicted molar refractivity (Wildman–Crippen MR) is 108 cm³/mol. The molecule has 1 aliphatic heterocycles. The van der Waals surface area contributed by atoms with Crippen molar-refractivity contribution in [2.24, 2.45) is 0 Å². The van der Waals surface area contributed by atoms with Gasteiger partial charge in [0.2, 0.25) is 5.91 Å². The van der Waals surface area contributed by atoms with Gasteiger partial charge in [-0.15, -0.1) is 0 Å². The van der Waals surface area contributed by atoms with Gasteiger partial charge in [-0.1, -0.05) is 19.1 Å². The molecule has 0 spiro atoms. The van der Waals surface area contributed by atoms with E-state index in [1.54, 1.807) is 0 Å². The molecule has 1 saturated heterocycles. The molecule has 27 heavy (non-hydrogen) atoms. The van der Waals surface area contributed by atoms with Crippen LogP contribution < -0.4 is 10.1 Å². The summed E-state index contributed by atoms with van der Waals surface area (Å²) in [6.07, 6.45) is 0.423. The summed E-state index contributed by atoms with van der Waals surface area (Å²) in [6, 6.07) is 6.33. The van der Waals surface area contributed by atoms with Crippen LogP contribution in [0.4, 0.5) is 0 Å². The van der Waals surface area contributed by atoms with Gasteiger partial charge in [0.1, 0.15) is 18.5 Å². The quantitative estimate of drug-likeness (QED) is 0.684. The standard InChI is InChI=1S/C21H35N3O3/c1-5-18(4)22-21(26)14-24-10-8-23(9-11-24)13-19(25)15-27-20-12-16(2)6-7-17(20)3/h6-7,12,18-19,25H,5,8-11,13-15H2,1-4H3,(H,22,26). The molecule has 0 aliphatic carbocycles. The fourth-order valence-electron chi connectivity index (χ4n) is 3.16. The summed E-state index contributed by atoms with van der Waals surface area (Å²) >= 11 is 0. The molecule has 6 heteroatoms. The Morgan fingerprint density at radius 2 is 1.89 bits per heavy atom. The molecule has 2 rings (SSSR count). The molecule has 1 fully saturated rings. The molecule has 2 unspecified atom stereocenters. The van der Waals surface area contributed by atoms with E-state index in [9.17, 15) is 9.90 Å². The maximum Gasteiger partial charge on any atom is 0.234 e. The number of ether oxygens (including phenoxy) is 1. The van der Waals surface area contributed by atoms with Gasteiger partial charge in [-0.3, -0.25) is 14.6 Å². The molecule has 1 aliphatic rings. The first-order chi connectivity index (χ1) is 12.9. The van der Waals surface area contributed by atoms with Gasteiger partial charge < -0.3 is 15.2 Å². The Labute approximate surface area is 163 Å². The van der Waals surface area contributed by atoms with Crippen LogP contribution in [0, 0.1) is 13.8 Å². The summed E-state index contributed by atoms with van der Waals surface area (Å²) in [7, 11) is 0. The molecule has 152 valence electrons. The van der Waals surface area contributed by atoms with E-state index in [-0.39, 0.29) is 11.9 Å². The number of aliphatic hydroxyl groups is 1. The van der Waals surface area contributed by atoms with Crippen LogP contribution in [-0.2, 0) is 4.79 Å². The lowest BCUT2D eigenvalue weighted by Gasteiger charge is -2.35. The zero-order chi connectivity index (χ0) is 19.8. The normalized spacial score (nSPS) is 18.1. The summed E-state index contributed by atoms with van der Waals surface area (Å²) in [5.41, 5.74) is 2.23. The number of piperazine rings is 1. The molecule has 1 amide bonds. The van der Waals surface area contributed by atoms with E-state index in [1.165, 1.54) is 0 Å². The minimum Gasteiger partial charge on any atom is -0.491 e. The van der Waals surface area contributed by atoms with Gasteiger partial charge in [-0.05, 0) is 44.4 Å². The fourth-order valence-corrected chi connectivity index (χ4v) is 3.16. The van der Waals surface area contributed by atoms with Crippen molar-refractivity contribution in [3.8, 4) is 5.75 Å². The van der Waals surface area contributed by atoms with Crippen LogP contribution in [0.15, 0.2) is 18.2 Å². The number of aliphatic hydroxyl groups excluding tert-OH is 1. The van der Waals surface area contributed by atoms with Crippen LogP contribution in [0.2, 0.25) is 0 Å². The Kier molecular flexibility index (Phi) is 8.54. The van der Waals surface area contributed by atoms with Crippen molar-refractivity contribution in [3.63, 3.8) is 0 Å². The lowest BCUT2D eigenvalue weighted by Crippen LogP contribution is -2.51. The Hall–Kier alpha value is -1.63. The first kappa shape index (κ1) is 21.7. The minimum atomic E-state index is -0.523. The smallest absolute Gasteiger partial charge is 0.234 e. The van der Waals surface area contributed by atoms with E-state index in [0.29, 0.717) is 19.7 Å². The highest BCUT2D eigenvalue weighted by atomic mass is 16.5. The first-order valence-corrected chi connectivity index (χ1v) is 9.99. The van der Waals surface area contributed by atoms with Crippen molar-refractivity contribution < 1.29 is 14.6 Å². The Bertz CT molecular complexity index is 600. The van der Waals surface area contributed by atoms with Crippen molar-refractivity contribution in [1.82, 2.24) is 15.1 Å². The average Bonchev–Trinajstić information content (AvgIpc) is 2.64. The Balaban J connectivity index is 1.67. The highest BCUT2D eigenvalue weighted by molar-refractivity contribution is 5.78. The number of hydrogen-bond donors (Lipinski definition) is 2. The largest absolute Gasteiger partial charge is 0.491 e.